The summed E-state index contributed by atoms with van der Waals surface area (Å²) < 4.78 is 24.5. The Labute approximate surface area is 112 Å². The Hall–Kier alpha value is -1.05. The van der Waals surface area contributed by atoms with Gasteiger partial charge in [0.15, 0.2) is 9.84 Å². The molecule has 0 radical (unpaired) electrons. The molecule has 5 heteroatoms. The van der Waals surface area contributed by atoms with E-state index in [2.05, 4.69) is 6.07 Å². The van der Waals surface area contributed by atoms with Crippen LogP contribution in [0.15, 0.2) is 24.3 Å². The number of hydrogen-bond acceptors (Lipinski definition) is 3. The zero-order valence-electron chi connectivity index (χ0n) is 9.84. The standard InChI is InChI=1S/C13H14ClNO2S/c14-12-6-4-10(5-7-12)9-18(16,17)13-3-1-2-11(13)8-15/h4-7,11,13H,1-3,9H2. The second-order valence-electron chi connectivity index (χ2n) is 4.64. The lowest BCUT2D eigenvalue weighted by molar-refractivity contribution is 0.564. The van der Waals surface area contributed by atoms with Crippen molar-refractivity contribution in [3.05, 3.63) is 34.9 Å². The van der Waals surface area contributed by atoms with Gasteiger partial charge in [-0.15, -0.1) is 0 Å². The predicted octanol–water partition coefficient (Wildman–Crippen LogP) is 2.95. The summed E-state index contributed by atoms with van der Waals surface area (Å²) in [6.45, 7) is 0. The van der Waals surface area contributed by atoms with Crippen molar-refractivity contribution in [2.24, 2.45) is 5.92 Å². The van der Waals surface area contributed by atoms with Crippen LogP contribution in [-0.4, -0.2) is 13.7 Å². The van der Waals surface area contributed by atoms with E-state index >= 15 is 0 Å². The first-order valence-corrected chi connectivity index (χ1v) is 7.98. The van der Waals surface area contributed by atoms with Crippen LogP contribution in [0.4, 0.5) is 0 Å². The molecular formula is C13H14ClNO2S. The van der Waals surface area contributed by atoms with Crippen LogP contribution < -0.4 is 0 Å². The highest BCUT2D eigenvalue weighted by Crippen LogP contribution is 2.32. The molecule has 3 nitrogen and oxygen atoms in total. The summed E-state index contributed by atoms with van der Waals surface area (Å²) in [7, 11) is -3.25. The van der Waals surface area contributed by atoms with Crippen molar-refractivity contribution in [3.63, 3.8) is 0 Å². The Morgan fingerprint density at radius 3 is 2.56 bits per heavy atom. The van der Waals surface area contributed by atoms with E-state index in [0.29, 0.717) is 17.9 Å². The van der Waals surface area contributed by atoms with Gasteiger partial charge in [0, 0.05) is 5.02 Å². The minimum absolute atomic E-state index is 0.00693. The van der Waals surface area contributed by atoms with Crippen LogP contribution in [0.2, 0.25) is 5.02 Å². The molecule has 2 rings (SSSR count). The topological polar surface area (TPSA) is 57.9 Å². The number of rotatable bonds is 3. The first kappa shape index (κ1) is 13.4. The van der Waals surface area contributed by atoms with Gasteiger partial charge in [-0.05, 0) is 30.5 Å². The van der Waals surface area contributed by atoms with Gasteiger partial charge in [0.2, 0.25) is 0 Å². The third-order valence-corrected chi connectivity index (χ3v) is 5.84. The summed E-state index contributed by atoms with van der Waals surface area (Å²) in [4.78, 5) is 0. The van der Waals surface area contributed by atoms with E-state index in [0.717, 1.165) is 12.0 Å². The molecule has 0 N–H and O–H groups in total. The maximum Gasteiger partial charge on any atom is 0.158 e. The monoisotopic (exact) mass is 283 g/mol. The van der Waals surface area contributed by atoms with Crippen molar-refractivity contribution < 1.29 is 8.42 Å². The average molecular weight is 284 g/mol. The number of hydrogen-bond donors (Lipinski definition) is 0. The lowest BCUT2D eigenvalue weighted by Gasteiger charge is -2.14. The summed E-state index contributed by atoms with van der Waals surface area (Å²) in [6, 6.07) is 8.92. The zero-order valence-corrected chi connectivity index (χ0v) is 11.4. The van der Waals surface area contributed by atoms with E-state index in [1.165, 1.54) is 0 Å². The molecule has 0 spiro atoms. The van der Waals surface area contributed by atoms with Gasteiger partial charge in [-0.2, -0.15) is 5.26 Å². The molecule has 1 fully saturated rings. The minimum Gasteiger partial charge on any atom is -0.228 e. The van der Waals surface area contributed by atoms with E-state index < -0.39 is 15.1 Å². The van der Waals surface area contributed by atoms with E-state index in [1.54, 1.807) is 24.3 Å². The molecule has 2 atom stereocenters. The average Bonchev–Trinajstić information content (AvgIpc) is 2.81. The Balaban J connectivity index is 2.17. The van der Waals surface area contributed by atoms with Crippen molar-refractivity contribution >= 4 is 21.4 Å². The molecule has 1 saturated carbocycles. The predicted molar refractivity (Wildman–Crippen MR) is 70.8 cm³/mol. The smallest absolute Gasteiger partial charge is 0.158 e. The maximum absolute atomic E-state index is 12.3. The highest BCUT2D eigenvalue weighted by atomic mass is 35.5. The summed E-state index contributed by atoms with van der Waals surface area (Å²) in [5.41, 5.74) is 0.725. The molecule has 0 amide bonds. The quantitative estimate of drug-likeness (QED) is 0.857. The van der Waals surface area contributed by atoms with Gasteiger partial charge < -0.3 is 0 Å². The first-order chi connectivity index (χ1) is 8.53. The molecule has 0 heterocycles. The lowest BCUT2D eigenvalue weighted by atomic mass is 10.1. The van der Waals surface area contributed by atoms with Crippen LogP contribution in [0, 0.1) is 17.2 Å². The fraction of sp³-hybridized carbons (Fsp3) is 0.462. The van der Waals surface area contributed by atoms with Gasteiger partial charge in [0.1, 0.15) is 0 Å². The second kappa shape index (κ2) is 5.29. The fourth-order valence-electron chi connectivity index (χ4n) is 2.42. The summed E-state index contributed by atoms with van der Waals surface area (Å²) in [5.74, 6) is -0.352. The molecule has 1 aliphatic carbocycles. The molecule has 18 heavy (non-hydrogen) atoms. The van der Waals surface area contributed by atoms with Crippen LogP contribution in [0.5, 0.6) is 0 Å². The Morgan fingerprint density at radius 2 is 1.94 bits per heavy atom. The van der Waals surface area contributed by atoms with E-state index in [4.69, 9.17) is 16.9 Å². The van der Waals surface area contributed by atoms with Gasteiger partial charge >= 0.3 is 0 Å². The molecule has 96 valence electrons. The van der Waals surface area contributed by atoms with Crippen LogP contribution in [0.25, 0.3) is 0 Å². The summed E-state index contributed by atoms with van der Waals surface area (Å²) >= 11 is 5.76. The zero-order chi connectivity index (χ0) is 13.2. The third-order valence-electron chi connectivity index (χ3n) is 3.36. The van der Waals surface area contributed by atoms with Crippen LogP contribution in [-0.2, 0) is 15.6 Å². The molecular weight excluding hydrogens is 270 g/mol. The van der Waals surface area contributed by atoms with Gasteiger partial charge in [0.05, 0.1) is 23.0 Å². The second-order valence-corrected chi connectivity index (χ2v) is 7.29. The molecule has 2 unspecified atom stereocenters. The number of benzene rings is 1. The highest BCUT2D eigenvalue weighted by Gasteiger charge is 2.37. The maximum atomic E-state index is 12.3. The molecule has 0 saturated heterocycles. The van der Waals surface area contributed by atoms with Crippen LogP contribution >= 0.6 is 11.6 Å². The van der Waals surface area contributed by atoms with Gasteiger partial charge in [-0.1, -0.05) is 30.2 Å². The van der Waals surface area contributed by atoms with Crippen LogP contribution in [0.1, 0.15) is 24.8 Å². The SMILES string of the molecule is N#CC1CCCC1S(=O)(=O)Cc1ccc(Cl)cc1. The summed E-state index contributed by atoms with van der Waals surface area (Å²) in [6.07, 6.45) is 2.12. The van der Waals surface area contributed by atoms with Crippen molar-refractivity contribution in [2.75, 3.05) is 0 Å². The van der Waals surface area contributed by atoms with Gasteiger partial charge in [-0.3, -0.25) is 0 Å². The number of sulfone groups is 1. The third kappa shape index (κ3) is 2.85. The van der Waals surface area contributed by atoms with Crippen molar-refractivity contribution in [2.45, 2.75) is 30.3 Å². The van der Waals surface area contributed by atoms with Crippen molar-refractivity contribution in [3.8, 4) is 6.07 Å². The van der Waals surface area contributed by atoms with Crippen molar-refractivity contribution in [1.82, 2.24) is 0 Å². The minimum atomic E-state index is -3.25. The fourth-order valence-corrected chi connectivity index (χ4v) is 4.64. The molecule has 0 aliphatic heterocycles. The Kier molecular flexibility index (Phi) is 3.94. The largest absolute Gasteiger partial charge is 0.228 e. The van der Waals surface area contributed by atoms with Gasteiger partial charge in [0.25, 0.3) is 0 Å². The van der Waals surface area contributed by atoms with Gasteiger partial charge in [-0.25, -0.2) is 8.42 Å². The number of halogens is 1. The molecule has 0 aromatic heterocycles. The summed E-state index contributed by atoms with van der Waals surface area (Å²) in [5, 5.41) is 9.06. The molecule has 0 bridgehead atoms. The van der Waals surface area contributed by atoms with E-state index in [9.17, 15) is 8.42 Å². The van der Waals surface area contributed by atoms with E-state index in [-0.39, 0.29) is 11.7 Å². The normalized spacial score (nSPS) is 23.8. The first-order valence-electron chi connectivity index (χ1n) is 5.88. The number of nitrogens with zero attached hydrogens (tertiary/aromatic N) is 1. The van der Waals surface area contributed by atoms with Crippen LogP contribution in [0.3, 0.4) is 0 Å². The Bertz CT molecular complexity index is 560. The molecule has 1 aromatic rings. The lowest BCUT2D eigenvalue weighted by Crippen LogP contribution is -2.25. The molecule has 1 aliphatic rings. The van der Waals surface area contributed by atoms with Crippen molar-refractivity contribution in [1.29, 1.82) is 5.26 Å². The highest BCUT2D eigenvalue weighted by molar-refractivity contribution is 7.91. The van der Waals surface area contributed by atoms with E-state index in [1.807, 2.05) is 0 Å². The Morgan fingerprint density at radius 1 is 1.28 bits per heavy atom. The molecule has 1 aromatic carbocycles. The number of nitriles is 1.